The van der Waals surface area contributed by atoms with E-state index >= 15 is 0 Å². The maximum Gasteiger partial charge on any atom is 0.308 e. The molecule has 0 amide bonds. The van der Waals surface area contributed by atoms with E-state index < -0.39 is 28.8 Å². The topological polar surface area (TPSA) is 102 Å². The second kappa shape index (κ2) is 6.25. The summed E-state index contributed by atoms with van der Waals surface area (Å²) in [5.74, 6) is -0.278. The van der Waals surface area contributed by atoms with Gasteiger partial charge in [-0.15, -0.1) is 0 Å². The zero-order valence-corrected chi connectivity index (χ0v) is 15.5. The minimum Gasteiger partial charge on any atom is -0.484 e. The molecule has 2 unspecified atom stereocenters. The Labute approximate surface area is 156 Å². The minimum absolute atomic E-state index is 0.136. The fraction of sp³-hybridized carbons (Fsp3) is 0.350. The molecule has 0 radical (unpaired) electrons. The van der Waals surface area contributed by atoms with Crippen LogP contribution in [-0.2, 0) is 4.79 Å². The van der Waals surface area contributed by atoms with Crippen molar-refractivity contribution in [2.45, 2.75) is 44.9 Å². The molecule has 0 bridgehead atoms. The van der Waals surface area contributed by atoms with Gasteiger partial charge in [-0.3, -0.25) is 9.59 Å². The molecule has 27 heavy (non-hydrogen) atoms. The molecule has 0 saturated heterocycles. The Morgan fingerprint density at radius 2 is 2.04 bits per heavy atom. The van der Waals surface area contributed by atoms with Gasteiger partial charge in [0.2, 0.25) is 0 Å². The number of aromatic nitrogens is 1. The zero-order chi connectivity index (χ0) is 20.0. The van der Waals surface area contributed by atoms with E-state index in [-0.39, 0.29) is 5.75 Å². The molecule has 140 valence electrons. The average Bonchev–Trinajstić information content (AvgIpc) is 2.57. The van der Waals surface area contributed by atoms with Gasteiger partial charge in [-0.05, 0) is 51.1 Å². The predicted octanol–water partition coefficient (Wildman–Crippen LogP) is 2.16. The van der Waals surface area contributed by atoms with Crippen molar-refractivity contribution in [2.75, 3.05) is 0 Å². The van der Waals surface area contributed by atoms with Crippen molar-refractivity contribution in [1.29, 1.82) is 5.26 Å². The van der Waals surface area contributed by atoms with E-state index in [1.54, 1.807) is 45.0 Å². The Balaban J connectivity index is 2.29. The highest BCUT2D eigenvalue weighted by atomic mass is 16.5. The number of fused-ring (bicyclic) bond motifs is 1. The second-order valence-electron chi connectivity index (χ2n) is 7.21. The molecular weight excluding hydrogens is 348 g/mol. The fourth-order valence-corrected chi connectivity index (χ4v) is 3.28. The van der Waals surface area contributed by atoms with Crippen LogP contribution in [0, 0.1) is 11.3 Å². The summed E-state index contributed by atoms with van der Waals surface area (Å²) in [6, 6.07) is 9.02. The molecule has 7 heteroatoms. The van der Waals surface area contributed by atoms with Gasteiger partial charge in [0, 0.05) is 18.7 Å². The predicted molar refractivity (Wildman–Crippen MR) is 96.6 cm³/mol. The van der Waals surface area contributed by atoms with Crippen LogP contribution in [0.15, 0.2) is 41.3 Å². The second-order valence-corrected chi connectivity index (χ2v) is 7.21. The molecule has 1 aliphatic heterocycles. The van der Waals surface area contributed by atoms with Crippen molar-refractivity contribution in [3.05, 3.63) is 58.0 Å². The number of hydrogen-bond donors (Lipinski definition) is 1. The van der Waals surface area contributed by atoms with Crippen molar-refractivity contribution in [3.8, 4) is 17.6 Å². The normalized spacial score (nSPS) is 22.9. The van der Waals surface area contributed by atoms with Gasteiger partial charge in [-0.1, -0.05) is 0 Å². The lowest BCUT2D eigenvalue weighted by molar-refractivity contribution is -0.139. The zero-order valence-electron chi connectivity index (χ0n) is 15.5. The van der Waals surface area contributed by atoms with Crippen LogP contribution < -0.4 is 15.0 Å². The molecule has 3 rings (SSSR count). The summed E-state index contributed by atoms with van der Waals surface area (Å²) in [6.45, 7) is 6.23. The van der Waals surface area contributed by atoms with Gasteiger partial charge in [0.1, 0.15) is 17.0 Å². The summed E-state index contributed by atoms with van der Waals surface area (Å²) in [7, 11) is 0. The minimum atomic E-state index is -1.51. The Kier molecular flexibility index (Phi) is 4.32. The fourth-order valence-electron chi connectivity index (χ4n) is 3.28. The first kappa shape index (κ1) is 18.7. The maximum atomic E-state index is 12.9. The number of carbonyl (C=O) groups excluding carboxylic acids is 1. The Bertz CT molecular complexity index is 1010. The Morgan fingerprint density at radius 3 is 2.67 bits per heavy atom. The molecule has 2 aromatic rings. The Morgan fingerprint density at radius 1 is 1.33 bits per heavy atom. The molecule has 1 aliphatic rings. The van der Waals surface area contributed by atoms with Crippen LogP contribution in [0.5, 0.6) is 11.5 Å². The first-order valence-corrected chi connectivity index (χ1v) is 8.43. The molecule has 1 N–H and O–H groups in total. The quantitative estimate of drug-likeness (QED) is 0.815. The van der Waals surface area contributed by atoms with E-state index in [1.165, 1.54) is 23.8 Å². The van der Waals surface area contributed by atoms with E-state index in [1.807, 2.05) is 0 Å². The van der Waals surface area contributed by atoms with Crippen LogP contribution in [-0.4, -0.2) is 26.8 Å². The third-order valence-electron chi connectivity index (χ3n) is 5.02. The van der Waals surface area contributed by atoms with Gasteiger partial charge in [0.15, 0.2) is 5.75 Å². The van der Waals surface area contributed by atoms with Crippen LogP contribution in [0.3, 0.4) is 0 Å². The molecule has 0 spiro atoms. The molecule has 1 aromatic carbocycles. The van der Waals surface area contributed by atoms with E-state index in [9.17, 15) is 20.0 Å². The van der Waals surface area contributed by atoms with E-state index in [0.29, 0.717) is 16.9 Å². The van der Waals surface area contributed by atoms with Crippen molar-refractivity contribution >= 4 is 5.97 Å². The van der Waals surface area contributed by atoms with Gasteiger partial charge >= 0.3 is 5.97 Å². The Hall–Kier alpha value is -3.11. The first-order chi connectivity index (χ1) is 12.6. The van der Waals surface area contributed by atoms with Crippen molar-refractivity contribution in [3.63, 3.8) is 0 Å². The number of benzene rings is 1. The van der Waals surface area contributed by atoms with Crippen LogP contribution >= 0.6 is 0 Å². The van der Waals surface area contributed by atoms with Crippen molar-refractivity contribution < 1.29 is 19.4 Å². The number of esters is 1. The number of hydrogen-bond acceptors (Lipinski definition) is 6. The third kappa shape index (κ3) is 2.98. The van der Waals surface area contributed by atoms with Gasteiger partial charge in [0.25, 0.3) is 5.56 Å². The highest BCUT2D eigenvalue weighted by Gasteiger charge is 2.53. The summed E-state index contributed by atoms with van der Waals surface area (Å²) in [5, 5.41) is 20.6. The van der Waals surface area contributed by atoms with Crippen LogP contribution in [0.2, 0.25) is 0 Å². The number of nitrogens with zero attached hydrogens (tertiary/aromatic N) is 2. The van der Waals surface area contributed by atoms with Crippen LogP contribution in [0.1, 0.15) is 44.9 Å². The smallest absolute Gasteiger partial charge is 0.308 e. The monoisotopic (exact) mass is 368 g/mol. The lowest BCUT2D eigenvalue weighted by atomic mass is 9.75. The maximum absolute atomic E-state index is 12.9. The number of aliphatic hydroxyl groups is 1. The molecular formula is C20H20N2O5. The molecule has 2 heterocycles. The summed E-state index contributed by atoms with van der Waals surface area (Å²) < 4.78 is 12.3. The average molecular weight is 368 g/mol. The largest absolute Gasteiger partial charge is 0.484 e. The lowest BCUT2D eigenvalue weighted by Crippen LogP contribution is -2.60. The number of nitriles is 1. The SMILES string of the molecule is CC(=O)Oc1cccn(C2c3cc(C#N)ccc3OC(C)(C)C2(C)O)c1=O. The van der Waals surface area contributed by atoms with Crippen molar-refractivity contribution in [2.24, 2.45) is 0 Å². The van der Waals surface area contributed by atoms with E-state index in [4.69, 9.17) is 9.47 Å². The molecule has 1 aromatic heterocycles. The number of pyridine rings is 1. The summed E-state index contributed by atoms with van der Waals surface area (Å²) in [6.07, 6.45) is 1.51. The first-order valence-electron chi connectivity index (χ1n) is 8.43. The van der Waals surface area contributed by atoms with Crippen molar-refractivity contribution in [1.82, 2.24) is 4.57 Å². The molecule has 0 fully saturated rings. The summed E-state index contributed by atoms with van der Waals surface area (Å²) in [5.41, 5.74) is -2.23. The standard InChI is InChI=1S/C20H20N2O5/c1-12(23)26-16-6-5-9-22(18(16)24)17-14-10-13(11-21)7-8-15(14)27-19(2,3)20(17,4)25/h5-10,17,25H,1-4H3. The van der Waals surface area contributed by atoms with Gasteiger partial charge in [-0.2, -0.15) is 5.26 Å². The highest BCUT2D eigenvalue weighted by Crippen LogP contribution is 2.47. The number of ether oxygens (including phenoxy) is 2. The van der Waals surface area contributed by atoms with Gasteiger partial charge in [0.05, 0.1) is 17.7 Å². The third-order valence-corrected chi connectivity index (χ3v) is 5.02. The van der Waals surface area contributed by atoms with E-state index in [0.717, 1.165) is 0 Å². The molecule has 0 saturated carbocycles. The van der Waals surface area contributed by atoms with Crippen LogP contribution in [0.25, 0.3) is 0 Å². The summed E-state index contributed by atoms with van der Waals surface area (Å²) in [4.78, 5) is 24.2. The van der Waals surface area contributed by atoms with Gasteiger partial charge in [-0.25, -0.2) is 0 Å². The number of rotatable bonds is 2. The van der Waals surface area contributed by atoms with Crippen LogP contribution in [0.4, 0.5) is 0 Å². The molecule has 2 atom stereocenters. The highest BCUT2D eigenvalue weighted by molar-refractivity contribution is 5.69. The summed E-state index contributed by atoms with van der Waals surface area (Å²) >= 11 is 0. The van der Waals surface area contributed by atoms with Gasteiger partial charge < -0.3 is 19.1 Å². The van der Waals surface area contributed by atoms with E-state index in [2.05, 4.69) is 6.07 Å². The number of carbonyl (C=O) groups is 1. The molecule has 7 nitrogen and oxygen atoms in total. The molecule has 0 aliphatic carbocycles. The lowest BCUT2D eigenvalue weighted by Gasteiger charge is -2.49.